The number of rotatable bonds is 1. The van der Waals surface area contributed by atoms with Crippen LogP contribution in [0, 0.1) is 6.92 Å². The Kier molecular flexibility index (Phi) is 3.48. The Morgan fingerprint density at radius 3 is 2.35 bits per heavy atom. The quantitative estimate of drug-likeness (QED) is 0.779. The molecule has 0 aliphatic carbocycles. The van der Waals surface area contributed by atoms with E-state index in [1.54, 1.807) is 31.3 Å². The summed E-state index contributed by atoms with van der Waals surface area (Å²) in [5.41, 5.74) is 1.89. The van der Waals surface area contributed by atoms with Crippen molar-refractivity contribution in [3.63, 3.8) is 0 Å². The van der Waals surface area contributed by atoms with Crippen LogP contribution in [0.5, 0.6) is 0 Å². The summed E-state index contributed by atoms with van der Waals surface area (Å²) >= 11 is 17.9. The van der Waals surface area contributed by atoms with Gasteiger partial charge in [0.05, 0.1) is 10.0 Å². The lowest BCUT2D eigenvalue weighted by molar-refractivity contribution is 1.18. The van der Waals surface area contributed by atoms with Gasteiger partial charge in [0.25, 0.3) is 5.56 Å². The Morgan fingerprint density at radius 1 is 1.00 bits per heavy atom. The molecule has 5 heteroatoms. The highest BCUT2D eigenvalue weighted by atomic mass is 35.5. The largest absolute Gasteiger partial charge is 0.329 e. The molecule has 17 heavy (non-hydrogen) atoms. The van der Waals surface area contributed by atoms with Crippen LogP contribution in [0.1, 0.15) is 5.56 Å². The number of benzene rings is 1. The number of aromatic nitrogens is 1. The molecule has 0 bridgehead atoms. The smallest absolute Gasteiger partial charge is 0.251 e. The fourth-order valence-corrected chi connectivity index (χ4v) is 2.23. The van der Waals surface area contributed by atoms with E-state index in [-0.39, 0.29) is 5.56 Å². The van der Waals surface area contributed by atoms with Crippen LogP contribution in [0.2, 0.25) is 15.1 Å². The molecule has 1 aromatic carbocycles. The van der Waals surface area contributed by atoms with Crippen LogP contribution in [-0.2, 0) is 0 Å². The molecule has 0 saturated carbocycles. The zero-order valence-electron chi connectivity index (χ0n) is 8.85. The first-order chi connectivity index (χ1) is 8.00. The zero-order valence-corrected chi connectivity index (χ0v) is 11.1. The molecule has 0 atom stereocenters. The number of H-pyrrole nitrogens is 1. The second kappa shape index (κ2) is 4.73. The predicted molar refractivity (Wildman–Crippen MR) is 72.3 cm³/mol. The molecule has 1 aromatic heterocycles. The first-order valence-corrected chi connectivity index (χ1v) is 5.97. The second-order valence-electron chi connectivity index (χ2n) is 3.59. The minimum Gasteiger partial charge on any atom is -0.329 e. The number of hydrogen-bond acceptors (Lipinski definition) is 1. The van der Waals surface area contributed by atoms with Gasteiger partial charge < -0.3 is 4.98 Å². The van der Waals surface area contributed by atoms with Gasteiger partial charge in [-0.15, -0.1) is 0 Å². The van der Waals surface area contributed by atoms with Gasteiger partial charge in [-0.2, -0.15) is 0 Å². The van der Waals surface area contributed by atoms with Crippen molar-refractivity contribution >= 4 is 34.8 Å². The highest BCUT2D eigenvalue weighted by Gasteiger charge is 2.11. The van der Waals surface area contributed by atoms with E-state index in [1.807, 2.05) is 0 Å². The third-order valence-corrected chi connectivity index (χ3v) is 3.54. The second-order valence-corrected chi connectivity index (χ2v) is 4.81. The lowest BCUT2D eigenvalue weighted by Crippen LogP contribution is -2.09. The molecule has 0 spiro atoms. The van der Waals surface area contributed by atoms with Crippen molar-refractivity contribution in [2.45, 2.75) is 6.92 Å². The fraction of sp³-hybridized carbons (Fsp3) is 0.0833. The maximum atomic E-state index is 11.5. The maximum Gasteiger partial charge on any atom is 0.251 e. The number of pyridine rings is 1. The topological polar surface area (TPSA) is 32.9 Å². The molecular weight excluding hydrogens is 280 g/mol. The number of aromatic amines is 1. The van der Waals surface area contributed by atoms with E-state index in [4.69, 9.17) is 34.8 Å². The molecule has 0 aliphatic rings. The molecule has 0 saturated heterocycles. The van der Waals surface area contributed by atoms with Gasteiger partial charge in [0.15, 0.2) is 0 Å². The van der Waals surface area contributed by atoms with Gasteiger partial charge in [0, 0.05) is 22.3 Å². The summed E-state index contributed by atoms with van der Waals surface area (Å²) in [5, 5.41) is 1.27. The van der Waals surface area contributed by atoms with Gasteiger partial charge in [-0.05, 0) is 30.7 Å². The number of hydrogen-bond donors (Lipinski definition) is 1. The van der Waals surface area contributed by atoms with Gasteiger partial charge in [-0.25, -0.2) is 0 Å². The SMILES string of the molecule is Cc1c(-c2cc(Cl)c(Cl)cc2Cl)cc[nH]c1=O. The maximum absolute atomic E-state index is 11.5. The highest BCUT2D eigenvalue weighted by Crippen LogP contribution is 2.35. The standard InChI is InChI=1S/C12H8Cl3NO/c1-6-7(2-3-16-12(6)17)8-4-10(14)11(15)5-9(8)13/h2-5H,1H3,(H,16,17). The number of nitrogens with one attached hydrogen (secondary N) is 1. The molecule has 0 unspecified atom stereocenters. The lowest BCUT2D eigenvalue weighted by atomic mass is 10.0. The predicted octanol–water partition coefficient (Wildman–Crippen LogP) is 4.31. The summed E-state index contributed by atoms with van der Waals surface area (Å²) in [6.07, 6.45) is 1.57. The van der Waals surface area contributed by atoms with Gasteiger partial charge in [-0.3, -0.25) is 4.79 Å². The van der Waals surface area contributed by atoms with Crippen molar-refractivity contribution in [2.24, 2.45) is 0 Å². The molecule has 2 nitrogen and oxygen atoms in total. The summed E-state index contributed by atoms with van der Waals surface area (Å²) in [5.74, 6) is 0. The van der Waals surface area contributed by atoms with E-state index >= 15 is 0 Å². The lowest BCUT2D eigenvalue weighted by Gasteiger charge is -2.08. The Balaban J connectivity index is 2.73. The van der Waals surface area contributed by atoms with E-state index in [1.165, 1.54) is 0 Å². The molecule has 2 rings (SSSR count). The first-order valence-electron chi connectivity index (χ1n) is 4.84. The van der Waals surface area contributed by atoms with E-state index in [2.05, 4.69) is 4.98 Å². The van der Waals surface area contributed by atoms with E-state index in [0.29, 0.717) is 26.2 Å². The van der Waals surface area contributed by atoms with Crippen molar-refractivity contribution in [2.75, 3.05) is 0 Å². The Morgan fingerprint density at radius 2 is 1.65 bits per heavy atom. The average Bonchev–Trinajstić information content (AvgIpc) is 2.28. The molecule has 1 heterocycles. The Hall–Kier alpha value is -0.960. The van der Waals surface area contributed by atoms with Crippen molar-refractivity contribution in [3.8, 4) is 11.1 Å². The molecule has 0 fully saturated rings. The molecule has 0 aliphatic heterocycles. The third-order valence-electron chi connectivity index (χ3n) is 2.51. The molecule has 0 amide bonds. The monoisotopic (exact) mass is 287 g/mol. The number of halogens is 3. The fourth-order valence-electron chi connectivity index (χ4n) is 1.58. The van der Waals surface area contributed by atoms with Crippen molar-refractivity contribution < 1.29 is 0 Å². The minimum absolute atomic E-state index is 0.148. The summed E-state index contributed by atoms with van der Waals surface area (Å²) < 4.78 is 0. The van der Waals surface area contributed by atoms with Crippen LogP contribution in [-0.4, -0.2) is 4.98 Å². The summed E-state index contributed by atoms with van der Waals surface area (Å²) in [7, 11) is 0. The molecule has 1 N–H and O–H groups in total. The third kappa shape index (κ3) is 2.34. The van der Waals surface area contributed by atoms with Gasteiger partial charge >= 0.3 is 0 Å². The van der Waals surface area contributed by atoms with E-state index < -0.39 is 0 Å². The minimum atomic E-state index is -0.148. The molecular formula is C12H8Cl3NO. The van der Waals surface area contributed by atoms with Crippen molar-refractivity contribution in [3.05, 3.63) is 55.4 Å². The van der Waals surface area contributed by atoms with Gasteiger partial charge in [0.2, 0.25) is 0 Å². The summed E-state index contributed by atoms with van der Waals surface area (Å²) in [6, 6.07) is 5.01. The van der Waals surface area contributed by atoms with Crippen LogP contribution in [0.4, 0.5) is 0 Å². The van der Waals surface area contributed by atoms with E-state index in [0.717, 1.165) is 5.56 Å². The summed E-state index contributed by atoms with van der Waals surface area (Å²) in [6.45, 7) is 1.73. The Bertz CT molecular complexity index is 634. The molecule has 0 radical (unpaired) electrons. The van der Waals surface area contributed by atoms with E-state index in [9.17, 15) is 4.79 Å². The van der Waals surface area contributed by atoms with Gasteiger partial charge in [-0.1, -0.05) is 34.8 Å². The van der Waals surface area contributed by atoms with Crippen LogP contribution < -0.4 is 5.56 Å². The normalized spacial score (nSPS) is 10.6. The highest BCUT2D eigenvalue weighted by molar-refractivity contribution is 6.44. The van der Waals surface area contributed by atoms with Gasteiger partial charge in [0.1, 0.15) is 0 Å². The molecule has 2 aromatic rings. The average molecular weight is 289 g/mol. The van der Waals surface area contributed by atoms with Crippen LogP contribution >= 0.6 is 34.8 Å². The van der Waals surface area contributed by atoms with Crippen LogP contribution in [0.25, 0.3) is 11.1 Å². The van der Waals surface area contributed by atoms with Crippen LogP contribution in [0.3, 0.4) is 0 Å². The first kappa shape index (κ1) is 12.5. The zero-order chi connectivity index (χ0) is 12.6. The summed E-state index contributed by atoms with van der Waals surface area (Å²) in [4.78, 5) is 14.1. The van der Waals surface area contributed by atoms with Crippen LogP contribution in [0.15, 0.2) is 29.2 Å². The Labute approximate surface area is 113 Å². The van der Waals surface area contributed by atoms with Crippen molar-refractivity contribution in [1.29, 1.82) is 0 Å². The molecule has 88 valence electrons. The van der Waals surface area contributed by atoms with Crippen molar-refractivity contribution in [1.82, 2.24) is 4.98 Å².